The normalized spacial score (nSPS) is 20.4. The quantitative estimate of drug-likeness (QED) is 0.731. The molecule has 1 fully saturated rings. The van der Waals surface area contributed by atoms with Crippen LogP contribution >= 0.6 is 0 Å². The van der Waals surface area contributed by atoms with Crippen molar-refractivity contribution in [1.82, 2.24) is 0 Å². The number of rotatable bonds is 4. The number of benzene rings is 1. The zero-order valence-electron chi connectivity index (χ0n) is 9.22. The maximum absolute atomic E-state index is 10.6. The van der Waals surface area contributed by atoms with Gasteiger partial charge in [-0.2, -0.15) is 0 Å². The fourth-order valence-electron chi connectivity index (χ4n) is 1.81. The van der Waals surface area contributed by atoms with Crippen LogP contribution in [0.15, 0.2) is 24.3 Å². The Morgan fingerprint density at radius 2 is 2.38 bits per heavy atom. The molecule has 0 bridgehead atoms. The van der Waals surface area contributed by atoms with E-state index in [1.807, 2.05) is 12.1 Å². The second-order valence-electron chi connectivity index (χ2n) is 3.99. The summed E-state index contributed by atoms with van der Waals surface area (Å²) in [5.74, 6) is 0.735. The molecule has 1 aromatic carbocycles. The third-order valence-electron chi connectivity index (χ3n) is 2.70. The zero-order chi connectivity index (χ0) is 11.2. The molecule has 1 saturated heterocycles. The third kappa shape index (κ3) is 3.07. The second kappa shape index (κ2) is 5.66. The Labute approximate surface area is 95.4 Å². The topological polar surface area (TPSA) is 35.5 Å². The molecule has 0 saturated carbocycles. The van der Waals surface area contributed by atoms with Crippen molar-refractivity contribution in [2.75, 3.05) is 13.2 Å². The highest BCUT2D eigenvalue weighted by Crippen LogP contribution is 2.16. The molecule has 16 heavy (non-hydrogen) atoms. The van der Waals surface area contributed by atoms with Gasteiger partial charge < -0.3 is 9.47 Å². The van der Waals surface area contributed by atoms with Crippen LogP contribution in [0.3, 0.4) is 0 Å². The van der Waals surface area contributed by atoms with Gasteiger partial charge >= 0.3 is 0 Å². The minimum atomic E-state index is 0.202. The van der Waals surface area contributed by atoms with Crippen LogP contribution in [0.5, 0.6) is 5.75 Å². The maximum Gasteiger partial charge on any atom is 0.150 e. The van der Waals surface area contributed by atoms with E-state index in [-0.39, 0.29) is 6.10 Å². The Bertz CT molecular complexity index is 343. The lowest BCUT2D eigenvalue weighted by atomic mass is 10.1. The molecule has 1 unspecified atom stereocenters. The van der Waals surface area contributed by atoms with Gasteiger partial charge in [-0.15, -0.1) is 0 Å². The van der Waals surface area contributed by atoms with Gasteiger partial charge in [0, 0.05) is 12.2 Å². The lowest BCUT2D eigenvalue weighted by molar-refractivity contribution is -0.0110. The van der Waals surface area contributed by atoms with Crippen LogP contribution in [0.25, 0.3) is 0 Å². The molecule has 1 aliphatic heterocycles. The number of hydrogen-bond acceptors (Lipinski definition) is 3. The Hall–Kier alpha value is -1.35. The van der Waals surface area contributed by atoms with E-state index in [1.165, 1.54) is 6.42 Å². The van der Waals surface area contributed by atoms with Crippen LogP contribution in [0.4, 0.5) is 0 Å². The van der Waals surface area contributed by atoms with Gasteiger partial charge in [0.15, 0.2) is 0 Å². The van der Waals surface area contributed by atoms with Crippen molar-refractivity contribution in [3.05, 3.63) is 29.8 Å². The number of aldehydes is 1. The van der Waals surface area contributed by atoms with E-state index in [1.54, 1.807) is 12.1 Å². The minimum Gasteiger partial charge on any atom is -0.491 e. The molecule has 0 aromatic heterocycles. The average molecular weight is 220 g/mol. The van der Waals surface area contributed by atoms with Crippen molar-refractivity contribution in [3.8, 4) is 5.75 Å². The van der Waals surface area contributed by atoms with Crippen LogP contribution in [-0.2, 0) is 4.74 Å². The molecule has 0 radical (unpaired) electrons. The van der Waals surface area contributed by atoms with E-state index in [9.17, 15) is 4.79 Å². The summed E-state index contributed by atoms with van der Waals surface area (Å²) >= 11 is 0. The fourth-order valence-corrected chi connectivity index (χ4v) is 1.81. The lowest BCUT2D eigenvalue weighted by Gasteiger charge is -2.22. The predicted molar refractivity (Wildman–Crippen MR) is 60.9 cm³/mol. The van der Waals surface area contributed by atoms with Crippen LogP contribution in [0.2, 0.25) is 0 Å². The molecule has 86 valence electrons. The summed E-state index contributed by atoms with van der Waals surface area (Å²) in [7, 11) is 0. The van der Waals surface area contributed by atoms with Gasteiger partial charge in [0.25, 0.3) is 0 Å². The number of hydrogen-bond donors (Lipinski definition) is 0. The second-order valence-corrected chi connectivity index (χ2v) is 3.99. The van der Waals surface area contributed by atoms with Gasteiger partial charge in [-0.1, -0.05) is 12.1 Å². The fraction of sp³-hybridized carbons (Fsp3) is 0.462. The molecule has 0 spiro atoms. The van der Waals surface area contributed by atoms with Crippen molar-refractivity contribution in [1.29, 1.82) is 0 Å². The molecule has 1 aliphatic rings. The van der Waals surface area contributed by atoms with Gasteiger partial charge in [-0.25, -0.2) is 0 Å². The zero-order valence-corrected chi connectivity index (χ0v) is 9.22. The molecule has 3 nitrogen and oxygen atoms in total. The smallest absolute Gasteiger partial charge is 0.150 e. The van der Waals surface area contributed by atoms with Crippen molar-refractivity contribution in [2.45, 2.75) is 25.4 Å². The molecule has 1 atom stereocenters. The van der Waals surface area contributed by atoms with Crippen LogP contribution in [0, 0.1) is 0 Å². The van der Waals surface area contributed by atoms with Crippen LogP contribution in [0.1, 0.15) is 29.6 Å². The first-order valence-corrected chi connectivity index (χ1v) is 5.68. The molecule has 1 heterocycles. The van der Waals surface area contributed by atoms with Gasteiger partial charge in [-0.3, -0.25) is 4.79 Å². The summed E-state index contributed by atoms with van der Waals surface area (Å²) in [4.78, 5) is 10.6. The summed E-state index contributed by atoms with van der Waals surface area (Å²) in [6.45, 7) is 1.41. The monoisotopic (exact) mass is 220 g/mol. The van der Waals surface area contributed by atoms with Gasteiger partial charge in [-0.05, 0) is 31.4 Å². The van der Waals surface area contributed by atoms with E-state index in [4.69, 9.17) is 9.47 Å². The summed E-state index contributed by atoms with van der Waals surface area (Å²) in [5, 5.41) is 0. The van der Waals surface area contributed by atoms with E-state index < -0.39 is 0 Å². The van der Waals surface area contributed by atoms with Crippen LogP contribution in [-0.4, -0.2) is 25.6 Å². The Morgan fingerprint density at radius 3 is 3.12 bits per heavy atom. The van der Waals surface area contributed by atoms with Crippen LogP contribution < -0.4 is 4.74 Å². The van der Waals surface area contributed by atoms with E-state index in [0.717, 1.165) is 31.5 Å². The van der Waals surface area contributed by atoms with E-state index in [0.29, 0.717) is 12.2 Å². The Morgan fingerprint density at radius 1 is 1.44 bits per heavy atom. The van der Waals surface area contributed by atoms with Gasteiger partial charge in [0.2, 0.25) is 0 Å². The summed E-state index contributed by atoms with van der Waals surface area (Å²) in [5.41, 5.74) is 0.641. The number of ether oxygens (including phenoxy) is 2. The van der Waals surface area contributed by atoms with E-state index >= 15 is 0 Å². The average Bonchev–Trinajstić information content (AvgIpc) is 2.38. The molecule has 2 rings (SSSR count). The molecular formula is C13H16O3. The standard InChI is InChI=1S/C13H16O3/c14-9-11-4-3-6-12(8-11)16-10-13-5-1-2-7-15-13/h3-4,6,8-9,13H,1-2,5,7,10H2. The molecule has 0 amide bonds. The number of carbonyl (C=O) groups excluding carboxylic acids is 1. The highest BCUT2D eigenvalue weighted by molar-refractivity contribution is 5.75. The summed E-state index contributed by atoms with van der Waals surface area (Å²) < 4.78 is 11.2. The highest BCUT2D eigenvalue weighted by Gasteiger charge is 2.14. The maximum atomic E-state index is 10.6. The Balaban J connectivity index is 1.85. The van der Waals surface area contributed by atoms with Crippen molar-refractivity contribution in [2.24, 2.45) is 0 Å². The molecule has 3 heteroatoms. The molecule has 0 aliphatic carbocycles. The highest BCUT2D eigenvalue weighted by atomic mass is 16.5. The first kappa shape index (κ1) is 11.1. The van der Waals surface area contributed by atoms with Crippen molar-refractivity contribution < 1.29 is 14.3 Å². The number of carbonyl (C=O) groups is 1. The van der Waals surface area contributed by atoms with Crippen molar-refractivity contribution >= 4 is 6.29 Å². The minimum absolute atomic E-state index is 0.202. The van der Waals surface area contributed by atoms with E-state index in [2.05, 4.69) is 0 Å². The molecule has 1 aromatic rings. The SMILES string of the molecule is O=Cc1cccc(OCC2CCCCO2)c1. The van der Waals surface area contributed by atoms with Gasteiger partial charge in [0.05, 0.1) is 6.10 Å². The Kier molecular flexibility index (Phi) is 3.94. The largest absolute Gasteiger partial charge is 0.491 e. The van der Waals surface area contributed by atoms with Crippen molar-refractivity contribution in [3.63, 3.8) is 0 Å². The third-order valence-corrected chi connectivity index (χ3v) is 2.70. The van der Waals surface area contributed by atoms with Gasteiger partial charge in [0.1, 0.15) is 18.6 Å². The predicted octanol–water partition coefficient (Wildman–Crippen LogP) is 2.45. The lowest BCUT2D eigenvalue weighted by Crippen LogP contribution is -2.25. The summed E-state index contributed by atoms with van der Waals surface area (Å²) in [6.07, 6.45) is 4.45. The molecular weight excluding hydrogens is 204 g/mol. The molecule has 0 N–H and O–H groups in total. The first-order valence-electron chi connectivity index (χ1n) is 5.68. The summed E-state index contributed by atoms with van der Waals surface area (Å²) in [6, 6.07) is 7.18. The first-order chi connectivity index (χ1) is 7.88.